The minimum atomic E-state index is -3.74. The SMILES string of the molecule is NCCCCCCCCS(=O)(=O)O. The summed E-state index contributed by atoms with van der Waals surface area (Å²) in [6, 6.07) is 0. The van der Waals surface area contributed by atoms with Crippen molar-refractivity contribution < 1.29 is 13.0 Å². The van der Waals surface area contributed by atoms with Crippen molar-refractivity contribution in [1.82, 2.24) is 0 Å². The third kappa shape index (κ3) is 11.9. The molecule has 0 aliphatic rings. The van der Waals surface area contributed by atoms with Gasteiger partial charge >= 0.3 is 0 Å². The summed E-state index contributed by atoms with van der Waals surface area (Å²) in [5.74, 6) is -0.107. The van der Waals surface area contributed by atoms with Gasteiger partial charge in [0, 0.05) is 0 Å². The molecular weight excluding hydrogens is 190 g/mol. The normalized spacial score (nSPS) is 11.8. The van der Waals surface area contributed by atoms with Crippen LogP contribution < -0.4 is 5.73 Å². The highest BCUT2D eigenvalue weighted by Crippen LogP contribution is 2.05. The lowest BCUT2D eigenvalue weighted by Gasteiger charge is -1.99. The Hall–Kier alpha value is -0.130. The third-order valence-corrected chi connectivity index (χ3v) is 2.66. The molecule has 0 fully saturated rings. The first-order valence-corrected chi connectivity index (χ1v) is 6.32. The fourth-order valence-corrected chi connectivity index (χ4v) is 1.70. The lowest BCUT2D eigenvalue weighted by Crippen LogP contribution is -2.03. The Balaban J connectivity index is 3.09. The highest BCUT2D eigenvalue weighted by atomic mass is 32.2. The van der Waals surface area contributed by atoms with E-state index in [0.717, 1.165) is 38.6 Å². The summed E-state index contributed by atoms with van der Waals surface area (Å²) in [7, 11) is -3.74. The largest absolute Gasteiger partial charge is 0.330 e. The summed E-state index contributed by atoms with van der Waals surface area (Å²) in [6.45, 7) is 0.727. The predicted octanol–water partition coefficient (Wildman–Crippen LogP) is 1.17. The van der Waals surface area contributed by atoms with Crippen molar-refractivity contribution in [3.8, 4) is 0 Å². The van der Waals surface area contributed by atoms with Crippen LogP contribution in [0.4, 0.5) is 0 Å². The van der Waals surface area contributed by atoms with E-state index in [1.807, 2.05) is 0 Å². The Morgan fingerprint density at radius 2 is 1.38 bits per heavy atom. The molecule has 0 atom stereocenters. The standard InChI is InChI=1S/C8H19NO3S/c9-7-5-3-1-2-4-6-8-13(10,11)12/h1-9H2,(H,10,11,12). The van der Waals surface area contributed by atoms with Gasteiger partial charge in [0.25, 0.3) is 10.1 Å². The molecule has 5 heteroatoms. The van der Waals surface area contributed by atoms with E-state index in [2.05, 4.69) is 0 Å². The Morgan fingerprint density at radius 1 is 0.923 bits per heavy atom. The first-order valence-electron chi connectivity index (χ1n) is 4.71. The van der Waals surface area contributed by atoms with Gasteiger partial charge in [-0.15, -0.1) is 0 Å². The molecule has 0 saturated heterocycles. The van der Waals surface area contributed by atoms with E-state index in [1.165, 1.54) is 0 Å². The zero-order valence-corrected chi connectivity index (χ0v) is 8.72. The van der Waals surface area contributed by atoms with Crippen LogP contribution in [0.2, 0.25) is 0 Å². The average Bonchev–Trinajstić information content (AvgIpc) is 2.01. The van der Waals surface area contributed by atoms with Crippen LogP contribution in [0.25, 0.3) is 0 Å². The zero-order valence-electron chi connectivity index (χ0n) is 7.91. The summed E-state index contributed by atoms with van der Waals surface area (Å²) in [5.41, 5.74) is 5.31. The molecule has 0 aliphatic heterocycles. The summed E-state index contributed by atoms with van der Waals surface area (Å²) < 4.78 is 29.0. The number of rotatable bonds is 8. The molecule has 0 aromatic rings. The van der Waals surface area contributed by atoms with E-state index in [1.54, 1.807) is 0 Å². The zero-order chi connectivity index (χ0) is 10.2. The summed E-state index contributed by atoms with van der Waals surface area (Å²) in [4.78, 5) is 0. The highest BCUT2D eigenvalue weighted by Gasteiger charge is 2.02. The average molecular weight is 209 g/mol. The molecular formula is C8H19NO3S. The van der Waals surface area contributed by atoms with E-state index < -0.39 is 10.1 Å². The maximum absolute atomic E-state index is 10.3. The van der Waals surface area contributed by atoms with Gasteiger partial charge in [0.05, 0.1) is 5.75 Å². The van der Waals surface area contributed by atoms with Crippen molar-refractivity contribution in [2.75, 3.05) is 12.3 Å². The predicted molar refractivity (Wildman–Crippen MR) is 53.2 cm³/mol. The Labute approximate surface area is 80.3 Å². The van der Waals surface area contributed by atoms with Crippen LogP contribution in [0, 0.1) is 0 Å². The van der Waals surface area contributed by atoms with Crippen molar-refractivity contribution in [1.29, 1.82) is 0 Å². The van der Waals surface area contributed by atoms with Crippen LogP contribution >= 0.6 is 0 Å². The first-order chi connectivity index (χ1) is 6.06. The van der Waals surface area contributed by atoms with Gasteiger partial charge in [0.1, 0.15) is 0 Å². The van der Waals surface area contributed by atoms with Crippen molar-refractivity contribution >= 4 is 10.1 Å². The van der Waals surface area contributed by atoms with Crippen LogP contribution in [-0.4, -0.2) is 25.3 Å². The van der Waals surface area contributed by atoms with E-state index >= 15 is 0 Å². The number of hydrogen-bond donors (Lipinski definition) is 2. The van der Waals surface area contributed by atoms with E-state index in [0.29, 0.717) is 6.42 Å². The van der Waals surface area contributed by atoms with Gasteiger partial charge in [-0.05, 0) is 19.4 Å². The van der Waals surface area contributed by atoms with Gasteiger partial charge in [0.2, 0.25) is 0 Å². The smallest absolute Gasteiger partial charge is 0.264 e. The molecule has 0 amide bonds. The van der Waals surface area contributed by atoms with Crippen molar-refractivity contribution in [3.05, 3.63) is 0 Å². The highest BCUT2D eigenvalue weighted by molar-refractivity contribution is 7.85. The molecule has 0 unspecified atom stereocenters. The van der Waals surface area contributed by atoms with Crippen LogP contribution in [0.5, 0.6) is 0 Å². The van der Waals surface area contributed by atoms with Crippen LogP contribution in [0.15, 0.2) is 0 Å². The summed E-state index contributed by atoms with van der Waals surface area (Å²) in [6.07, 6.45) is 5.70. The molecule has 0 heterocycles. The van der Waals surface area contributed by atoms with Gasteiger partial charge in [-0.2, -0.15) is 8.42 Å². The summed E-state index contributed by atoms with van der Waals surface area (Å²) >= 11 is 0. The van der Waals surface area contributed by atoms with Crippen molar-refractivity contribution in [3.63, 3.8) is 0 Å². The number of hydrogen-bond acceptors (Lipinski definition) is 3. The Kier molecular flexibility index (Phi) is 7.22. The second-order valence-electron chi connectivity index (χ2n) is 3.20. The van der Waals surface area contributed by atoms with Gasteiger partial charge in [-0.3, -0.25) is 4.55 Å². The minimum absolute atomic E-state index is 0.107. The monoisotopic (exact) mass is 209 g/mol. The molecule has 4 nitrogen and oxygen atoms in total. The Bertz CT molecular complexity index is 201. The van der Waals surface area contributed by atoms with Crippen LogP contribution in [-0.2, 0) is 10.1 Å². The molecule has 0 aliphatic carbocycles. The van der Waals surface area contributed by atoms with Crippen LogP contribution in [0.3, 0.4) is 0 Å². The number of nitrogens with two attached hydrogens (primary N) is 1. The molecule has 0 saturated carbocycles. The maximum atomic E-state index is 10.3. The molecule has 0 bridgehead atoms. The van der Waals surface area contributed by atoms with Crippen molar-refractivity contribution in [2.24, 2.45) is 5.73 Å². The second kappa shape index (κ2) is 7.29. The van der Waals surface area contributed by atoms with Crippen molar-refractivity contribution in [2.45, 2.75) is 38.5 Å². The summed E-state index contributed by atoms with van der Waals surface area (Å²) in [5, 5.41) is 0. The molecule has 0 spiro atoms. The maximum Gasteiger partial charge on any atom is 0.264 e. The van der Waals surface area contributed by atoms with E-state index in [9.17, 15) is 8.42 Å². The van der Waals surface area contributed by atoms with Gasteiger partial charge in [0.15, 0.2) is 0 Å². The molecule has 0 aromatic heterocycles. The molecule has 3 N–H and O–H groups in total. The quantitative estimate of drug-likeness (QED) is 0.464. The molecule has 0 aromatic carbocycles. The fourth-order valence-electron chi connectivity index (χ4n) is 1.14. The van der Waals surface area contributed by atoms with E-state index in [4.69, 9.17) is 10.3 Å². The van der Waals surface area contributed by atoms with Gasteiger partial charge < -0.3 is 5.73 Å². The molecule has 80 valence electrons. The lowest BCUT2D eigenvalue weighted by atomic mass is 10.1. The fraction of sp³-hybridized carbons (Fsp3) is 1.00. The lowest BCUT2D eigenvalue weighted by molar-refractivity contribution is 0.478. The third-order valence-electron chi connectivity index (χ3n) is 1.86. The molecule has 0 radical (unpaired) electrons. The topological polar surface area (TPSA) is 80.4 Å². The van der Waals surface area contributed by atoms with Gasteiger partial charge in [-0.25, -0.2) is 0 Å². The van der Waals surface area contributed by atoms with Gasteiger partial charge in [-0.1, -0.05) is 25.7 Å². The van der Waals surface area contributed by atoms with Crippen LogP contribution in [0.1, 0.15) is 38.5 Å². The number of unbranched alkanes of at least 4 members (excludes halogenated alkanes) is 5. The molecule has 0 rings (SSSR count). The second-order valence-corrected chi connectivity index (χ2v) is 4.77. The molecule has 13 heavy (non-hydrogen) atoms. The minimum Gasteiger partial charge on any atom is -0.330 e. The first kappa shape index (κ1) is 12.9. The van der Waals surface area contributed by atoms with E-state index in [-0.39, 0.29) is 5.75 Å². The Morgan fingerprint density at radius 3 is 1.85 bits per heavy atom.